The number of benzene rings is 1. The standard InChI is InChI=1S/C12H16N2O4/c1-9(2)13(8-12(15)16)7-10-4-3-5-11(6-10)14(17)18/h3-6,9H,7-8H2,1-2H3,(H,15,16). The second kappa shape index (κ2) is 6.11. The summed E-state index contributed by atoms with van der Waals surface area (Å²) in [6.45, 7) is 4.08. The fourth-order valence-electron chi connectivity index (χ4n) is 1.60. The molecule has 18 heavy (non-hydrogen) atoms. The van der Waals surface area contributed by atoms with Gasteiger partial charge in [-0.25, -0.2) is 0 Å². The molecule has 6 nitrogen and oxygen atoms in total. The van der Waals surface area contributed by atoms with Crippen LogP contribution >= 0.6 is 0 Å². The van der Waals surface area contributed by atoms with Crippen LogP contribution in [0.5, 0.6) is 0 Å². The highest BCUT2D eigenvalue weighted by atomic mass is 16.6. The number of carbonyl (C=O) groups is 1. The first-order valence-electron chi connectivity index (χ1n) is 5.59. The molecule has 1 rings (SSSR count). The van der Waals surface area contributed by atoms with Crippen LogP contribution in [0.25, 0.3) is 0 Å². The zero-order valence-electron chi connectivity index (χ0n) is 10.4. The summed E-state index contributed by atoms with van der Waals surface area (Å²) in [5, 5.41) is 19.5. The molecule has 0 aliphatic heterocycles. The fraction of sp³-hybridized carbons (Fsp3) is 0.417. The molecule has 0 spiro atoms. The second-order valence-electron chi connectivity index (χ2n) is 4.32. The Labute approximate surface area is 105 Å². The number of hydrogen-bond acceptors (Lipinski definition) is 4. The van der Waals surface area contributed by atoms with Crippen LogP contribution in [0.2, 0.25) is 0 Å². The number of rotatable bonds is 6. The van der Waals surface area contributed by atoms with Crippen molar-refractivity contribution in [2.24, 2.45) is 0 Å². The van der Waals surface area contributed by atoms with Gasteiger partial charge < -0.3 is 5.11 Å². The fourth-order valence-corrected chi connectivity index (χ4v) is 1.60. The average Bonchev–Trinajstić information content (AvgIpc) is 2.27. The lowest BCUT2D eigenvalue weighted by molar-refractivity contribution is -0.384. The van der Waals surface area contributed by atoms with Crippen molar-refractivity contribution in [3.63, 3.8) is 0 Å². The highest BCUT2D eigenvalue weighted by molar-refractivity contribution is 5.69. The average molecular weight is 252 g/mol. The summed E-state index contributed by atoms with van der Waals surface area (Å²) in [5.74, 6) is -0.908. The number of nitrogens with zero attached hydrogens (tertiary/aromatic N) is 2. The van der Waals surface area contributed by atoms with Crippen molar-refractivity contribution in [1.29, 1.82) is 0 Å². The van der Waals surface area contributed by atoms with E-state index in [1.54, 1.807) is 17.0 Å². The minimum Gasteiger partial charge on any atom is -0.480 e. The number of carboxylic acid groups (broad SMARTS) is 1. The molecule has 0 heterocycles. The minimum atomic E-state index is -0.908. The molecular weight excluding hydrogens is 236 g/mol. The summed E-state index contributed by atoms with van der Waals surface area (Å²) >= 11 is 0. The zero-order chi connectivity index (χ0) is 13.7. The molecular formula is C12H16N2O4. The lowest BCUT2D eigenvalue weighted by Crippen LogP contribution is -2.35. The lowest BCUT2D eigenvalue weighted by Gasteiger charge is -2.24. The van der Waals surface area contributed by atoms with Gasteiger partial charge in [0, 0.05) is 24.7 Å². The van der Waals surface area contributed by atoms with Gasteiger partial charge in [0.15, 0.2) is 0 Å². The summed E-state index contributed by atoms with van der Waals surface area (Å²) in [6, 6.07) is 6.30. The lowest BCUT2D eigenvalue weighted by atomic mass is 10.1. The number of hydrogen-bond donors (Lipinski definition) is 1. The number of nitro groups is 1. The van der Waals surface area contributed by atoms with E-state index in [0.29, 0.717) is 6.54 Å². The molecule has 0 aliphatic carbocycles. The van der Waals surface area contributed by atoms with Crippen LogP contribution in [0.15, 0.2) is 24.3 Å². The maximum Gasteiger partial charge on any atom is 0.317 e. The quantitative estimate of drug-likeness (QED) is 0.617. The van der Waals surface area contributed by atoms with Crippen molar-refractivity contribution in [2.45, 2.75) is 26.4 Å². The van der Waals surface area contributed by atoms with Gasteiger partial charge in [0.25, 0.3) is 5.69 Å². The van der Waals surface area contributed by atoms with Crippen LogP contribution < -0.4 is 0 Å². The van der Waals surface area contributed by atoms with E-state index in [0.717, 1.165) is 5.56 Å². The van der Waals surface area contributed by atoms with Crippen molar-refractivity contribution >= 4 is 11.7 Å². The third-order valence-corrected chi connectivity index (χ3v) is 2.58. The van der Waals surface area contributed by atoms with E-state index >= 15 is 0 Å². The van der Waals surface area contributed by atoms with Crippen LogP contribution in [0.1, 0.15) is 19.4 Å². The third-order valence-electron chi connectivity index (χ3n) is 2.58. The van der Waals surface area contributed by atoms with E-state index in [-0.39, 0.29) is 18.3 Å². The Morgan fingerprint density at radius 3 is 2.67 bits per heavy atom. The highest BCUT2D eigenvalue weighted by Crippen LogP contribution is 2.15. The first kappa shape index (κ1) is 14.1. The van der Waals surface area contributed by atoms with Crippen LogP contribution in [-0.2, 0) is 11.3 Å². The van der Waals surface area contributed by atoms with Gasteiger partial charge in [0.2, 0.25) is 0 Å². The SMILES string of the molecule is CC(C)N(CC(=O)O)Cc1cccc([N+](=O)[O-])c1. The Bertz CT molecular complexity index is 445. The third kappa shape index (κ3) is 4.14. The molecule has 98 valence electrons. The summed E-state index contributed by atoms with van der Waals surface area (Å²) in [7, 11) is 0. The molecule has 0 bridgehead atoms. The van der Waals surface area contributed by atoms with Crippen LogP contribution in [-0.4, -0.2) is 33.5 Å². The molecule has 1 aromatic rings. The molecule has 0 atom stereocenters. The van der Waals surface area contributed by atoms with Crippen LogP contribution in [0.3, 0.4) is 0 Å². The summed E-state index contributed by atoms with van der Waals surface area (Å²) < 4.78 is 0. The maximum atomic E-state index is 10.7. The van der Waals surface area contributed by atoms with Gasteiger partial charge in [-0.05, 0) is 19.4 Å². The van der Waals surface area contributed by atoms with Crippen molar-refractivity contribution in [3.8, 4) is 0 Å². The van der Waals surface area contributed by atoms with Gasteiger partial charge in [0.05, 0.1) is 11.5 Å². The molecule has 1 N–H and O–H groups in total. The first-order valence-corrected chi connectivity index (χ1v) is 5.59. The van der Waals surface area contributed by atoms with Gasteiger partial charge in [-0.15, -0.1) is 0 Å². The second-order valence-corrected chi connectivity index (χ2v) is 4.32. The van der Waals surface area contributed by atoms with Crippen molar-refractivity contribution in [2.75, 3.05) is 6.54 Å². The Hall–Kier alpha value is -1.95. The highest BCUT2D eigenvalue weighted by Gasteiger charge is 2.15. The van der Waals surface area contributed by atoms with Gasteiger partial charge in [0.1, 0.15) is 0 Å². The van der Waals surface area contributed by atoms with E-state index < -0.39 is 10.9 Å². The Kier molecular flexibility index (Phi) is 4.79. The van der Waals surface area contributed by atoms with Crippen LogP contribution in [0, 0.1) is 10.1 Å². The predicted octanol–water partition coefficient (Wildman–Crippen LogP) is 1.89. The van der Waals surface area contributed by atoms with Crippen LogP contribution in [0.4, 0.5) is 5.69 Å². The molecule has 0 amide bonds. The number of carboxylic acids is 1. The summed E-state index contributed by atoms with van der Waals surface area (Å²) in [4.78, 5) is 22.7. The van der Waals surface area contributed by atoms with E-state index in [1.165, 1.54) is 12.1 Å². The first-order chi connectivity index (χ1) is 8.40. The number of aliphatic carboxylic acids is 1. The molecule has 6 heteroatoms. The van der Waals surface area contributed by atoms with Crippen molar-refractivity contribution in [1.82, 2.24) is 4.90 Å². The topological polar surface area (TPSA) is 83.7 Å². The zero-order valence-corrected chi connectivity index (χ0v) is 10.4. The summed E-state index contributed by atoms with van der Waals surface area (Å²) in [5.41, 5.74) is 0.755. The van der Waals surface area contributed by atoms with Gasteiger partial charge in [-0.3, -0.25) is 19.8 Å². The monoisotopic (exact) mass is 252 g/mol. The molecule has 0 unspecified atom stereocenters. The summed E-state index contributed by atoms with van der Waals surface area (Å²) in [6.07, 6.45) is 0. The predicted molar refractivity (Wildman–Crippen MR) is 66.3 cm³/mol. The van der Waals surface area contributed by atoms with Crippen molar-refractivity contribution < 1.29 is 14.8 Å². The van der Waals surface area contributed by atoms with Crippen molar-refractivity contribution in [3.05, 3.63) is 39.9 Å². The normalized spacial score (nSPS) is 10.9. The minimum absolute atomic E-state index is 0.0199. The number of nitro benzene ring substituents is 1. The maximum absolute atomic E-state index is 10.7. The Morgan fingerprint density at radius 1 is 1.50 bits per heavy atom. The molecule has 0 saturated carbocycles. The molecule has 0 saturated heterocycles. The molecule has 0 fully saturated rings. The van der Waals surface area contributed by atoms with Gasteiger partial charge in [-0.2, -0.15) is 0 Å². The molecule has 0 aromatic heterocycles. The van der Waals surface area contributed by atoms with Gasteiger partial charge >= 0.3 is 5.97 Å². The largest absolute Gasteiger partial charge is 0.480 e. The Morgan fingerprint density at radius 2 is 2.17 bits per heavy atom. The smallest absolute Gasteiger partial charge is 0.317 e. The Balaban J connectivity index is 2.83. The van der Waals surface area contributed by atoms with Gasteiger partial charge in [-0.1, -0.05) is 12.1 Å². The number of non-ortho nitro benzene ring substituents is 1. The molecule has 0 aliphatic rings. The van der Waals surface area contributed by atoms with E-state index in [9.17, 15) is 14.9 Å². The molecule has 0 radical (unpaired) electrons. The van der Waals surface area contributed by atoms with E-state index in [4.69, 9.17) is 5.11 Å². The van der Waals surface area contributed by atoms with E-state index in [2.05, 4.69) is 0 Å². The van der Waals surface area contributed by atoms with E-state index in [1.807, 2.05) is 13.8 Å². The molecule has 1 aromatic carbocycles.